The van der Waals surface area contributed by atoms with Crippen LogP contribution in [0.1, 0.15) is 40.1 Å². The summed E-state index contributed by atoms with van der Waals surface area (Å²) in [5, 5.41) is 2.06. The molecule has 1 aliphatic heterocycles. The van der Waals surface area contributed by atoms with Gasteiger partial charge in [-0.2, -0.15) is 0 Å². The molecule has 126 valence electrons. The van der Waals surface area contributed by atoms with E-state index < -0.39 is 0 Å². The number of methoxy groups -OCH3 is 1. The molecule has 1 aromatic carbocycles. The van der Waals surface area contributed by atoms with Gasteiger partial charge in [-0.3, -0.25) is 4.79 Å². The third-order valence-corrected chi connectivity index (χ3v) is 5.29. The number of fused-ring (bicyclic) bond motifs is 1. The first kappa shape index (κ1) is 16.7. The Bertz CT molecular complexity index is 724. The van der Waals surface area contributed by atoms with Gasteiger partial charge in [0.05, 0.1) is 12.7 Å². The Morgan fingerprint density at radius 2 is 2.12 bits per heavy atom. The largest absolute Gasteiger partial charge is 0.465 e. The van der Waals surface area contributed by atoms with Gasteiger partial charge in [0, 0.05) is 23.5 Å². The fraction of sp³-hybridized carbons (Fsp3) is 0.368. The van der Waals surface area contributed by atoms with Crippen molar-refractivity contribution >= 4 is 28.9 Å². The maximum absolute atomic E-state index is 12.7. The Balaban J connectivity index is 1.72. The summed E-state index contributed by atoms with van der Waals surface area (Å²) in [6.45, 7) is 0.718. The molecule has 5 heteroatoms. The lowest BCUT2D eigenvalue weighted by Crippen LogP contribution is -2.36. The summed E-state index contributed by atoms with van der Waals surface area (Å²) in [5.74, 6) is -0.201. The summed E-state index contributed by atoms with van der Waals surface area (Å²) in [5.41, 5.74) is 2.37. The van der Waals surface area contributed by atoms with E-state index in [1.165, 1.54) is 12.0 Å². The van der Waals surface area contributed by atoms with Gasteiger partial charge in [-0.1, -0.05) is 12.1 Å². The monoisotopic (exact) mass is 343 g/mol. The second-order valence-electron chi connectivity index (χ2n) is 5.88. The molecular formula is C19H21NO3S. The third-order valence-electron chi connectivity index (χ3n) is 4.35. The van der Waals surface area contributed by atoms with Crippen LogP contribution in [0.3, 0.4) is 0 Å². The second-order valence-corrected chi connectivity index (χ2v) is 6.91. The normalized spacial score (nSPS) is 13.5. The summed E-state index contributed by atoms with van der Waals surface area (Å²) in [6, 6.07) is 9.67. The lowest BCUT2D eigenvalue weighted by Gasteiger charge is -2.30. The van der Waals surface area contributed by atoms with E-state index in [-0.39, 0.29) is 11.9 Å². The van der Waals surface area contributed by atoms with E-state index in [4.69, 9.17) is 4.74 Å². The zero-order chi connectivity index (χ0) is 16.9. The number of benzene rings is 1. The van der Waals surface area contributed by atoms with Gasteiger partial charge in [-0.25, -0.2) is 4.79 Å². The molecule has 0 saturated carbocycles. The van der Waals surface area contributed by atoms with Crippen LogP contribution < -0.4 is 4.90 Å². The van der Waals surface area contributed by atoms with E-state index in [9.17, 15) is 9.59 Å². The molecular weight excluding hydrogens is 322 g/mol. The molecule has 1 aliphatic rings. The highest BCUT2D eigenvalue weighted by Crippen LogP contribution is 2.31. The molecule has 24 heavy (non-hydrogen) atoms. The molecule has 4 nitrogen and oxygen atoms in total. The van der Waals surface area contributed by atoms with Crippen LogP contribution in [0.15, 0.2) is 35.7 Å². The van der Waals surface area contributed by atoms with Crippen molar-refractivity contribution in [1.82, 2.24) is 0 Å². The Kier molecular flexibility index (Phi) is 5.30. The van der Waals surface area contributed by atoms with Gasteiger partial charge in [0.2, 0.25) is 5.91 Å². The van der Waals surface area contributed by atoms with E-state index in [2.05, 4.69) is 11.4 Å². The highest BCUT2D eigenvalue weighted by molar-refractivity contribution is 7.09. The van der Waals surface area contributed by atoms with E-state index in [1.54, 1.807) is 17.4 Å². The standard InChI is InChI=1S/C19H21NO3S/c1-23-19(22)16-8-3-10-17-15(16)9-4-12-20(17)18(21)11-2-6-14-7-5-13-24-14/h3,5,7-8,10,13H,2,4,6,9,11-12H2,1H3. The molecule has 0 unspecified atom stereocenters. The van der Waals surface area contributed by atoms with Gasteiger partial charge >= 0.3 is 5.97 Å². The minimum Gasteiger partial charge on any atom is -0.465 e. The zero-order valence-electron chi connectivity index (χ0n) is 13.8. The van der Waals surface area contributed by atoms with Crippen molar-refractivity contribution in [2.75, 3.05) is 18.6 Å². The number of nitrogens with zero attached hydrogens (tertiary/aromatic N) is 1. The number of carbonyl (C=O) groups is 2. The molecule has 0 radical (unpaired) electrons. The molecule has 0 saturated heterocycles. The van der Waals surface area contributed by atoms with Gasteiger partial charge in [0.1, 0.15) is 0 Å². The highest BCUT2D eigenvalue weighted by Gasteiger charge is 2.25. The van der Waals surface area contributed by atoms with Crippen molar-refractivity contribution in [3.8, 4) is 0 Å². The SMILES string of the molecule is COC(=O)c1cccc2c1CCCN2C(=O)CCCc1cccs1. The van der Waals surface area contributed by atoms with Crippen LogP contribution in [0.4, 0.5) is 5.69 Å². The van der Waals surface area contributed by atoms with Crippen molar-refractivity contribution in [2.24, 2.45) is 0 Å². The quantitative estimate of drug-likeness (QED) is 0.775. The molecule has 1 amide bonds. The number of esters is 1. The zero-order valence-corrected chi connectivity index (χ0v) is 14.6. The molecule has 0 aliphatic carbocycles. The van der Waals surface area contributed by atoms with Crippen molar-refractivity contribution in [1.29, 1.82) is 0 Å². The first-order valence-electron chi connectivity index (χ1n) is 8.23. The highest BCUT2D eigenvalue weighted by atomic mass is 32.1. The van der Waals surface area contributed by atoms with Crippen LogP contribution in [-0.2, 0) is 22.4 Å². The smallest absolute Gasteiger partial charge is 0.338 e. The minimum absolute atomic E-state index is 0.134. The van der Waals surface area contributed by atoms with E-state index in [1.807, 2.05) is 23.1 Å². The predicted octanol–water partition coefficient (Wildman–Crippen LogP) is 3.84. The summed E-state index contributed by atoms with van der Waals surface area (Å²) in [4.78, 5) is 27.7. The minimum atomic E-state index is -0.334. The van der Waals surface area contributed by atoms with Crippen molar-refractivity contribution < 1.29 is 14.3 Å². The molecule has 0 fully saturated rings. The average Bonchev–Trinajstić information content (AvgIpc) is 3.13. The Morgan fingerprint density at radius 3 is 2.88 bits per heavy atom. The Morgan fingerprint density at radius 1 is 1.25 bits per heavy atom. The lowest BCUT2D eigenvalue weighted by atomic mass is 9.96. The van der Waals surface area contributed by atoms with Crippen LogP contribution in [-0.4, -0.2) is 25.5 Å². The number of hydrogen-bond donors (Lipinski definition) is 0. The van der Waals surface area contributed by atoms with Crippen LogP contribution in [0.25, 0.3) is 0 Å². The Labute approximate surface area is 146 Å². The predicted molar refractivity (Wildman–Crippen MR) is 95.7 cm³/mol. The summed E-state index contributed by atoms with van der Waals surface area (Å²) in [6.07, 6.45) is 3.99. The molecule has 0 spiro atoms. The number of thiophene rings is 1. The molecule has 1 aromatic heterocycles. The van der Waals surface area contributed by atoms with Crippen molar-refractivity contribution in [3.63, 3.8) is 0 Å². The van der Waals surface area contributed by atoms with Crippen molar-refractivity contribution in [2.45, 2.75) is 32.1 Å². The summed E-state index contributed by atoms with van der Waals surface area (Å²) < 4.78 is 4.86. The molecule has 2 aromatic rings. The van der Waals surface area contributed by atoms with Crippen molar-refractivity contribution in [3.05, 3.63) is 51.7 Å². The molecule has 3 rings (SSSR count). The Hall–Kier alpha value is -2.14. The number of aryl methyl sites for hydroxylation is 1. The fourth-order valence-electron chi connectivity index (χ4n) is 3.19. The molecule has 0 atom stereocenters. The maximum Gasteiger partial charge on any atom is 0.338 e. The topological polar surface area (TPSA) is 46.6 Å². The average molecular weight is 343 g/mol. The molecule has 0 bridgehead atoms. The van der Waals surface area contributed by atoms with Crippen LogP contribution >= 0.6 is 11.3 Å². The number of rotatable bonds is 5. The van der Waals surface area contributed by atoms with Gasteiger partial charge in [0.15, 0.2) is 0 Å². The number of hydrogen-bond acceptors (Lipinski definition) is 4. The van der Waals surface area contributed by atoms with Gasteiger partial charge < -0.3 is 9.64 Å². The third kappa shape index (κ3) is 3.51. The molecule has 2 heterocycles. The number of carbonyl (C=O) groups excluding carboxylic acids is 2. The van der Waals surface area contributed by atoms with E-state index >= 15 is 0 Å². The lowest BCUT2D eigenvalue weighted by molar-refractivity contribution is -0.118. The van der Waals surface area contributed by atoms with Gasteiger partial charge in [-0.05, 0) is 54.8 Å². The molecule has 0 N–H and O–H groups in total. The summed E-state index contributed by atoms with van der Waals surface area (Å²) in [7, 11) is 1.39. The van der Waals surface area contributed by atoms with E-state index in [0.29, 0.717) is 12.0 Å². The fourth-order valence-corrected chi connectivity index (χ4v) is 3.94. The number of amides is 1. The first-order valence-corrected chi connectivity index (χ1v) is 9.11. The second kappa shape index (κ2) is 7.62. The van der Waals surface area contributed by atoms with Gasteiger partial charge in [-0.15, -0.1) is 11.3 Å². The number of anilines is 1. The van der Waals surface area contributed by atoms with Crippen LogP contribution in [0, 0.1) is 0 Å². The van der Waals surface area contributed by atoms with Gasteiger partial charge in [0.25, 0.3) is 0 Å². The summed E-state index contributed by atoms with van der Waals surface area (Å²) >= 11 is 1.73. The number of ether oxygens (including phenoxy) is 1. The maximum atomic E-state index is 12.7. The van der Waals surface area contributed by atoms with Crippen LogP contribution in [0.2, 0.25) is 0 Å². The first-order chi connectivity index (χ1) is 11.7. The van der Waals surface area contributed by atoms with Crippen LogP contribution in [0.5, 0.6) is 0 Å². The van der Waals surface area contributed by atoms with E-state index in [0.717, 1.165) is 43.5 Å².